The van der Waals surface area contributed by atoms with Crippen LogP contribution in [-0.4, -0.2) is 10.2 Å². The molecule has 0 aliphatic rings. The Hall–Kier alpha value is -2.14. The van der Waals surface area contributed by atoms with Crippen molar-refractivity contribution >= 4 is 17.0 Å². The van der Waals surface area contributed by atoms with Gasteiger partial charge in [-0.25, -0.2) is 0 Å². The number of nitrogens with one attached hydrogen (secondary N) is 1. The molecule has 20 heavy (non-hydrogen) atoms. The average Bonchev–Trinajstić information content (AvgIpc) is 3.10. The normalized spacial score (nSPS) is 12.3. The predicted molar refractivity (Wildman–Crippen MR) is 80.8 cm³/mol. The topological polar surface area (TPSA) is 51.0 Å². The lowest BCUT2D eigenvalue weighted by atomic mass is 10.1. The fraction of sp³-hybridized carbons (Fsp3) is 0.200. The summed E-state index contributed by atoms with van der Waals surface area (Å²) in [4.78, 5) is 0. The summed E-state index contributed by atoms with van der Waals surface area (Å²) in [7, 11) is 0. The Balaban J connectivity index is 1.79. The van der Waals surface area contributed by atoms with Crippen LogP contribution in [0.5, 0.6) is 0 Å². The van der Waals surface area contributed by atoms with Crippen molar-refractivity contribution in [2.75, 3.05) is 5.32 Å². The van der Waals surface area contributed by atoms with E-state index in [1.807, 2.05) is 19.1 Å². The molecule has 0 aliphatic carbocycles. The fourth-order valence-electron chi connectivity index (χ4n) is 2.02. The van der Waals surface area contributed by atoms with Crippen molar-refractivity contribution < 1.29 is 4.42 Å². The van der Waals surface area contributed by atoms with E-state index in [1.165, 1.54) is 11.1 Å². The molecule has 2 heterocycles. The predicted octanol–water partition coefficient (Wildman–Crippen LogP) is 4.28. The van der Waals surface area contributed by atoms with Crippen LogP contribution in [0, 0.1) is 6.92 Å². The van der Waals surface area contributed by atoms with Crippen molar-refractivity contribution in [1.29, 1.82) is 0 Å². The Bertz CT molecular complexity index is 691. The van der Waals surface area contributed by atoms with Gasteiger partial charge in [-0.1, -0.05) is 12.1 Å². The minimum Gasteiger partial charge on any atom is -0.423 e. The van der Waals surface area contributed by atoms with E-state index < -0.39 is 0 Å². The molecule has 1 aromatic carbocycles. The largest absolute Gasteiger partial charge is 0.423 e. The van der Waals surface area contributed by atoms with Crippen molar-refractivity contribution in [1.82, 2.24) is 10.2 Å². The Kier molecular flexibility index (Phi) is 3.52. The second-order valence-corrected chi connectivity index (χ2v) is 5.40. The van der Waals surface area contributed by atoms with Crippen LogP contribution in [0.2, 0.25) is 0 Å². The molecule has 5 heteroatoms. The lowest BCUT2D eigenvalue weighted by Crippen LogP contribution is -2.07. The first-order valence-electron chi connectivity index (χ1n) is 6.41. The smallest absolute Gasteiger partial charge is 0.238 e. The summed E-state index contributed by atoms with van der Waals surface area (Å²) in [6.07, 6.45) is 0. The lowest BCUT2D eigenvalue weighted by molar-refractivity contribution is 0.451. The molecule has 4 nitrogen and oxygen atoms in total. The number of rotatable bonds is 4. The van der Waals surface area contributed by atoms with Gasteiger partial charge in [0.1, 0.15) is 6.04 Å². The highest BCUT2D eigenvalue weighted by molar-refractivity contribution is 7.08. The summed E-state index contributed by atoms with van der Waals surface area (Å²) in [5, 5.41) is 15.5. The number of nitrogens with zero attached hydrogens (tertiary/aromatic N) is 2. The third-order valence-corrected chi connectivity index (χ3v) is 3.70. The zero-order chi connectivity index (χ0) is 13.9. The van der Waals surface area contributed by atoms with E-state index in [0.717, 1.165) is 5.69 Å². The first-order valence-corrected chi connectivity index (χ1v) is 7.36. The van der Waals surface area contributed by atoms with Crippen LogP contribution in [0.1, 0.15) is 24.7 Å². The summed E-state index contributed by atoms with van der Waals surface area (Å²) in [5.41, 5.74) is 3.47. The highest BCUT2D eigenvalue weighted by atomic mass is 32.1. The van der Waals surface area contributed by atoms with Gasteiger partial charge in [0, 0.05) is 12.6 Å². The van der Waals surface area contributed by atoms with Gasteiger partial charge in [0.05, 0.1) is 0 Å². The molecule has 0 saturated carbocycles. The van der Waals surface area contributed by atoms with Gasteiger partial charge >= 0.3 is 0 Å². The number of anilines is 1. The van der Waals surface area contributed by atoms with Crippen molar-refractivity contribution in [3.05, 3.63) is 52.9 Å². The molecule has 0 aliphatic heterocycles. The maximum Gasteiger partial charge on any atom is 0.238 e. The second-order valence-electron chi connectivity index (χ2n) is 4.62. The third-order valence-electron chi connectivity index (χ3n) is 3.01. The fourth-order valence-corrected chi connectivity index (χ4v) is 2.68. The van der Waals surface area contributed by atoms with Crippen LogP contribution in [0.4, 0.5) is 5.69 Å². The molecule has 2 aromatic heterocycles. The summed E-state index contributed by atoms with van der Waals surface area (Å²) in [6.45, 7) is 3.80. The van der Waals surface area contributed by atoms with E-state index >= 15 is 0 Å². The Morgan fingerprint density at radius 2 is 2.10 bits per heavy atom. The molecule has 3 aromatic rings. The van der Waals surface area contributed by atoms with Gasteiger partial charge < -0.3 is 9.73 Å². The van der Waals surface area contributed by atoms with E-state index in [4.69, 9.17) is 4.42 Å². The Morgan fingerprint density at radius 1 is 1.20 bits per heavy atom. The van der Waals surface area contributed by atoms with Crippen LogP contribution in [-0.2, 0) is 0 Å². The molecule has 0 unspecified atom stereocenters. The molecule has 0 bridgehead atoms. The van der Waals surface area contributed by atoms with Crippen molar-refractivity contribution in [2.45, 2.75) is 19.9 Å². The van der Waals surface area contributed by atoms with E-state index in [0.29, 0.717) is 11.8 Å². The molecule has 0 amide bonds. The Morgan fingerprint density at radius 3 is 2.80 bits per heavy atom. The van der Waals surface area contributed by atoms with E-state index in [9.17, 15) is 0 Å². The summed E-state index contributed by atoms with van der Waals surface area (Å²) < 4.78 is 5.44. The zero-order valence-electron chi connectivity index (χ0n) is 11.3. The average molecular weight is 285 g/mol. The van der Waals surface area contributed by atoms with Crippen LogP contribution >= 0.6 is 11.3 Å². The minimum absolute atomic E-state index is 0.0195. The number of hydrogen-bond donors (Lipinski definition) is 1. The maximum absolute atomic E-state index is 5.44. The number of hydrogen-bond acceptors (Lipinski definition) is 5. The molecule has 0 saturated heterocycles. The van der Waals surface area contributed by atoms with Gasteiger partial charge in [-0.2, -0.15) is 11.3 Å². The molecule has 0 fully saturated rings. The number of benzene rings is 1. The van der Waals surface area contributed by atoms with Crippen molar-refractivity contribution in [3.63, 3.8) is 0 Å². The summed E-state index contributed by atoms with van der Waals surface area (Å²) in [6, 6.07) is 10.4. The number of aryl methyl sites for hydroxylation is 1. The van der Waals surface area contributed by atoms with E-state index in [1.54, 1.807) is 18.3 Å². The molecule has 1 atom stereocenters. The molecule has 0 radical (unpaired) electrons. The SMILES string of the molecule is Cc1nnc([C@H](C)Nc2cccc(-c3ccsc3)c2)o1. The highest BCUT2D eigenvalue weighted by Crippen LogP contribution is 2.26. The van der Waals surface area contributed by atoms with Crippen molar-refractivity contribution in [2.24, 2.45) is 0 Å². The quantitative estimate of drug-likeness (QED) is 0.777. The van der Waals surface area contributed by atoms with Crippen LogP contribution < -0.4 is 5.32 Å². The van der Waals surface area contributed by atoms with Crippen LogP contribution in [0.25, 0.3) is 11.1 Å². The molecule has 102 valence electrons. The van der Waals surface area contributed by atoms with Gasteiger partial charge in [0.25, 0.3) is 0 Å². The number of aromatic nitrogens is 2. The van der Waals surface area contributed by atoms with Crippen LogP contribution in [0.15, 0.2) is 45.5 Å². The standard InChI is InChI=1S/C15H15N3OS/c1-10(15-18-17-11(2)19-15)16-14-5-3-4-12(8-14)13-6-7-20-9-13/h3-10,16H,1-2H3/t10-/m0/s1. The molecule has 0 spiro atoms. The molecular formula is C15H15N3OS. The summed E-state index contributed by atoms with van der Waals surface area (Å²) >= 11 is 1.70. The molecule has 3 rings (SSSR count). The van der Waals surface area contributed by atoms with Gasteiger partial charge in [0.2, 0.25) is 11.8 Å². The Labute approximate surface area is 121 Å². The zero-order valence-corrected chi connectivity index (χ0v) is 12.1. The van der Waals surface area contributed by atoms with Gasteiger partial charge in [-0.05, 0) is 47.0 Å². The van der Waals surface area contributed by atoms with Gasteiger partial charge in [0.15, 0.2) is 0 Å². The van der Waals surface area contributed by atoms with Crippen LogP contribution in [0.3, 0.4) is 0 Å². The van der Waals surface area contributed by atoms with Gasteiger partial charge in [-0.3, -0.25) is 0 Å². The molecule has 1 N–H and O–H groups in total. The highest BCUT2D eigenvalue weighted by Gasteiger charge is 2.12. The van der Waals surface area contributed by atoms with Gasteiger partial charge in [-0.15, -0.1) is 10.2 Å². The number of thiophene rings is 1. The minimum atomic E-state index is -0.0195. The van der Waals surface area contributed by atoms with E-state index in [2.05, 4.69) is 44.5 Å². The summed E-state index contributed by atoms with van der Waals surface area (Å²) in [5.74, 6) is 1.18. The lowest BCUT2D eigenvalue weighted by Gasteiger charge is -2.12. The maximum atomic E-state index is 5.44. The molecular weight excluding hydrogens is 270 g/mol. The monoisotopic (exact) mass is 285 g/mol. The first-order chi connectivity index (χ1) is 9.72. The third kappa shape index (κ3) is 2.72. The second kappa shape index (κ2) is 5.46. The first kappa shape index (κ1) is 12.9. The van der Waals surface area contributed by atoms with Crippen molar-refractivity contribution in [3.8, 4) is 11.1 Å². The van der Waals surface area contributed by atoms with E-state index in [-0.39, 0.29) is 6.04 Å².